The van der Waals surface area contributed by atoms with Gasteiger partial charge in [-0.1, -0.05) is 20.3 Å². The van der Waals surface area contributed by atoms with E-state index in [0.29, 0.717) is 12.0 Å². The van der Waals surface area contributed by atoms with Gasteiger partial charge in [0.25, 0.3) is 0 Å². The fraction of sp³-hybridized carbons (Fsp3) is 1.00. The minimum Gasteiger partial charge on any atom is -0.396 e. The molecule has 0 saturated heterocycles. The first-order valence-electron chi connectivity index (χ1n) is 5.74. The maximum Gasteiger partial charge on any atom is 0.0436 e. The molecular weight excluding hydrogens is 160 g/mol. The van der Waals surface area contributed by atoms with E-state index in [-0.39, 0.29) is 0 Å². The van der Waals surface area contributed by atoms with Gasteiger partial charge in [0.2, 0.25) is 0 Å². The number of hydrogen-bond acceptors (Lipinski definition) is 1. The molecular formula is C12H22O. The van der Waals surface area contributed by atoms with Crippen LogP contribution in [-0.2, 0) is 0 Å². The molecule has 2 aliphatic rings. The SMILES string of the molecule is CC(C)(CCO)C1CC2CCC1C2. The zero-order chi connectivity index (χ0) is 9.47. The van der Waals surface area contributed by atoms with Gasteiger partial charge >= 0.3 is 0 Å². The summed E-state index contributed by atoms with van der Waals surface area (Å²) in [5, 5.41) is 9.03. The predicted molar refractivity (Wildman–Crippen MR) is 54.4 cm³/mol. The molecule has 2 aliphatic carbocycles. The zero-order valence-electron chi connectivity index (χ0n) is 8.92. The van der Waals surface area contributed by atoms with Crippen LogP contribution in [-0.4, -0.2) is 11.7 Å². The monoisotopic (exact) mass is 182 g/mol. The van der Waals surface area contributed by atoms with Crippen molar-refractivity contribution < 1.29 is 5.11 Å². The second-order valence-electron chi connectivity index (χ2n) is 5.74. The topological polar surface area (TPSA) is 20.2 Å². The normalized spacial score (nSPS) is 38.5. The molecule has 1 nitrogen and oxygen atoms in total. The molecule has 13 heavy (non-hydrogen) atoms. The summed E-state index contributed by atoms with van der Waals surface area (Å²) in [5.74, 6) is 2.93. The van der Waals surface area contributed by atoms with Crippen molar-refractivity contribution >= 4 is 0 Å². The Balaban J connectivity index is 2.01. The van der Waals surface area contributed by atoms with E-state index >= 15 is 0 Å². The van der Waals surface area contributed by atoms with Crippen LogP contribution in [0.3, 0.4) is 0 Å². The third kappa shape index (κ3) is 1.63. The highest BCUT2D eigenvalue weighted by Gasteiger charge is 2.45. The second-order valence-corrected chi connectivity index (χ2v) is 5.74. The molecule has 2 fully saturated rings. The van der Waals surface area contributed by atoms with Gasteiger partial charge in [0.15, 0.2) is 0 Å². The van der Waals surface area contributed by atoms with Crippen molar-refractivity contribution in [1.29, 1.82) is 0 Å². The molecule has 0 aliphatic heterocycles. The molecule has 3 unspecified atom stereocenters. The van der Waals surface area contributed by atoms with E-state index < -0.39 is 0 Å². The first-order chi connectivity index (χ1) is 6.13. The van der Waals surface area contributed by atoms with Gasteiger partial charge in [-0.25, -0.2) is 0 Å². The fourth-order valence-electron chi connectivity index (χ4n) is 3.68. The molecule has 0 aromatic carbocycles. The molecule has 2 rings (SSSR count). The first kappa shape index (κ1) is 9.51. The lowest BCUT2D eigenvalue weighted by atomic mass is 9.69. The van der Waals surface area contributed by atoms with Crippen molar-refractivity contribution in [2.24, 2.45) is 23.2 Å². The van der Waals surface area contributed by atoms with Crippen LogP contribution in [0.5, 0.6) is 0 Å². The lowest BCUT2D eigenvalue weighted by Gasteiger charge is -2.37. The highest BCUT2D eigenvalue weighted by atomic mass is 16.3. The van der Waals surface area contributed by atoms with Gasteiger partial charge in [-0.05, 0) is 48.9 Å². The molecule has 0 radical (unpaired) electrons. The summed E-state index contributed by atoms with van der Waals surface area (Å²) in [5.41, 5.74) is 0.384. The summed E-state index contributed by atoms with van der Waals surface area (Å²) in [4.78, 5) is 0. The highest BCUT2D eigenvalue weighted by Crippen LogP contribution is 2.55. The van der Waals surface area contributed by atoms with E-state index in [4.69, 9.17) is 5.11 Å². The number of aliphatic hydroxyl groups excluding tert-OH is 1. The number of aliphatic hydroxyl groups is 1. The van der Waals surface area contributed by atoms with Gasteiger partial charge < -0.3 is 5.11 Å². The number of hydrogen-bond donors (Lipinski definition) is 1. The van der Waals surface area contributed by atoms with Gasteiger partial charge in [-0.15, -0.1) is 0 Å². The Labute approximate surface area is 81.5 Å². The minimum atomic E-state index is 0.362. The van der Waals surface area contributed by atoms with Crippen molar-refractivity contribution in [1.82, 2.24) is 0 Å². The van der Waals surface area contributed by atoms with Crippen LogP contribution in [0.15, 0.2) is 0 Å². The Kier molecular flexibility index (Phi) is 2.39. The van der Waals surface area contributed by atoms with Crippen LogP contribution >= 0.6 is 0 Å². The molecule has 0 spiro atoms. The Morgan fingerprint density at radius 3 is 2.46 bits per heavy atom. The third-order valence-corrected chi connectivity index (χ3v) is 4.50. The molecule has 0 aromatic heterocycles. The highest BCUT2D eigenvalue weighted by molar-refractivity contribution is 4.95. The number of fused-ring (bicyclic) bond motifs is 2. The van der Waals surface area contributed by atoms with Crippen molar-refractivity contribution in [3.05, 3.63) is 0 Å². The Morgan fingerprint density at radius 2 is 2.00 bits per heavy atom. The zero-order valence-corrected chi connectivity index (χ0v) is 8.92. The molecule has 2 bridgehead atoms. The molecule has 0 amide bonds. The smallest absolute Gasteiger partial charge is 0.0436 e. The van der Waals surface area contributed by atoms with Crippen LogP contribution in [0, 0.1) is 23.2 Å². The van der Waals surface area contributed by atoms with Crippen LogP contribution in [0.4, 0.5) is 0 Å². The van der Waals surface area contributed by atoms with Gasteiger partial charge in [0, 0.05) is 6.61 Å². The lowest BCUT2D eigenvalue weighted by Crippen LogP contribution is -2.29. The maximum absolute atomic E-state index is 9.03. The van der Waals surface area contributed by atoms with Gasteiger partial charge in [-0.2, -0.15) is 0 Å². The average Bonchev–Trinajstić information content (AvgIpc) is 2.63. The van der Waals surface area contributed by atoms with Crippen LogP contribution < -0.4 is 0 Å². The van der Waals surface area contributed by atoms with E-state index in [0.717, 1.165) is 24.2 Å². The molecule has 1 heteroatoms. The largest absolute Gasteiger partial charge is 0.396 e. The van der Waals surface area contributed by atoms with Crippen molar-refractivity contribution in [2.45, 2.75) is 46.0 Å². The van der Waals surface area contributed by atoms with Crippen molar-refractivity contribution in [3.8, 4) is 0 Å². The predicted octanol–water partition coefficient (Wildman–Crippen LogP) is 2.83. The average molecular weight is 182 g/mol. The molecule has 0 aromatic rings. The van der Waals surface area contributed by atoms with E-state index in [2.05, 4.69) is 13.8 Å². The van der Waals surface area contributed by atoms with E-state index in [9.17, 15) is 0 Å². The maximum atomic E-state index is 9.03. The lowest BCUT2D eigenvalue weighted by molar-refractivity contribution is 0.101. The quantitative estimate of drug-likeness (QED) is 0.711. The second kappa shape index (κ2) is 3.27. The molecule has 0 heterocycles. The Bertz CT molecular complexity index is 186. The van der Waals surface area contributed by atoms with Crippen LogP contribution in [0.2, 0.25) is 0 Å². The van der Waals surface area contributed by atoms with Gasteiger partial charge in [0.05, 0.1) is 0 Å². The molecule has 3 atom stereocenters. The van der Waals surface area contributed by atoms with E-state index in [1.807, 2.05) is 0 Å². The van der Waals surface area contributed by atoms with Gasteiger partial charge in [-0.3, -0.25) is 0 Å². The third-order valence-electron chi connectivity index (χ3n) is 4.50. The van der Waals surface area contributed by atoms with Crippen molar-refractivity contribution in [2.75, 3.05) is 6.61 Å². The fourth-order valence-corrected chi connectivity index (χ4v) is 3.68. The summed E-state index contributed by atoms with van der Waals surface area (Å²) < 4.78 is 0. The summed E-state index contributed by atoms with van der Waals surface area (Å²) in [6.45, 7) is 5.05. The van der Waals surface area contributed by atoms with Crippen LogP contribution in [0.25, 0.3) is 0 Å². The van der Waals surface area contributed by atoms with E-state index in [1.165, 1.54) is 25.7 Å². The van der Waals surface area contributed by atoms with E-state index in [1.54, 1.807) is 0 Å². The summed E-state index contributed by atoms with van der Waals surface area (Å²) in [6, 6.07) is 0. The van der Waals surface area contributed by atoms with Crippen LogP contribution in [0.1, 0.15) is 46.0 Å². The Morgan fingerprint density at radius 1 is 1.23 bits per heavy atom. The Hall–Kier alpha value is -0.0400. The van der Waals surface area contributed by atoms with Crippen molar-refractivity contribution in [3.63, 3.8) is 0 Å². The summed E-state index contributed by atoms with van der Waals surface area (Å²) in [7, 11) is 0. The summed E-state index contributed by atoms with van der Waals surface area (Å²) in [6.07, 6.45) is 6.86. The molecule has 76 valence electrons. The van der Waals surface area contributed by atoms with Gasteiger partial charge in [0.1, 0.15) is 0 Å². The summed E-state index contributed by atoms with van der Waals surface area (Å²) >= 11 is 0. The molecule has 2 saturated carbocycles. The minimum absolute atomic E-state index is 0.362. The number of rotatable bonds is 3. The molecule has 1 N–H and O–H groups in total. The first-order valence-corrected chi connectivity index (χ1v) is 5.74. The standard InChI is InChI=1S/C12H22O/c1-12(2,5-6-13)11-8-9-3-4-10(11)7-9/h9-11,13H,3-8H2,1-2H3.